The third-order valence-corrected chi connectivity index (χ3v) is 3.24. The number of aliphatic imine (C=N–C) groups is 1. The summed E-state index contributed by atoms with van der Waals surface area (Å²) >= 11 is 0. The molecule has 0 amide bonds. The molecule has 1 aromatic heterocycles. The lowest BCUT2D eigenvalue weighted by Gasteiger charge is -2.06. The van der Waals surface area contributed by atoms with Crippen LogP contribution in [0.5, 0.6) is 11.5 Å². The number of methoxy groups -OCH3 is 2. The van der Waals surface area contributed by atoms with Crippen molar-refractivity contribution >= 4 is 12.1 Å². The molecule has 1 aromatic carbocycles. The zero-order chi connectivity index (χ0) is 15.4. The first-order valence-electron chi connectivity index (χ1n) is 6.37. The van der Waals surface area contributed by atoms with Crippen molar-refractivity contribution in [1.29, 1.82) is 5.26 Å². The van der Waals surface area contributed by atoms with E-state index in [4.69, 9.17) is 19.2 Å². The Kier molecular flexibility index (Phi) is 4.29. The maximum absolute atomic E-state index is 9.15. The van der Waals surface area contributed by atoms with Crippen LogP contribution in [0.3, 0.4) is 0 Å². The minimum Gasteiger partial charge on any atom is -0.497 e. The molecular formula is C16H16N2O3. The molecule has 2 rings (SSSR count). The molecule has 0 aliphatic rings. The van der Waals surface area contributed by atoms with Crippen LogP contribution in [-0.4, -0.2) is 20.4 Å². The topological polar surface area (TPSA) is 67.8 Å². The van der Waals surface area contributed by atoms with Crippen molar-refractivity contribution in [3.63, 3.8) is 0 Å². The van der Waals surface area contributed by atoms with Crippen molar-refractivity contribution in [2.45, 2.75) is 13.8 Å². The van der Waals surface area contributed by atoms with E-state index in [1.54, 1.807) is 26.5 Å². The maximum atomic E-state index is 9.15. The predicted octanol–water partition coefficient (Wildman–Crippen LogP) is 3.54. The first-order chi connectivity index (χ1) is 10.1. The molecule has 0 aliphatic carbocycles. The zero-order valence-corrected chi connectivity index (χ0v) is 12.4. The van der Waals surface area contributed by atoms with Gasteiger partial charge in [-0.15, -0.1) is 0 Å². The quantitative estimate of drug-likeness (QED) is 0.805. The third-order valence-electron chi connectivity index (χ3n) is 3.24. The highest BCUT2D eigenvalue weighted by Crippen LogP contribution is 2.29. The van der Waals surface area contributed by atoms with Crippen LogP contribution in [0.15, 0.2) is 27.6 Å². The van der Waals surface area contributed by atoms with E-state index in [-0.39, 0.29) is 0 Å². The van der Waals surface area contributed by atoms with Gasteiger partial charge in [0.15, 0.2) is 0 Å². The summed E-state index contributed by atoms with van der Waals surface area (Å²) in [6.45, 7) is 3.65. The summed E-state index contributed by atoms with van der Waals surface area (Å²) in [7, 11) is 3.17. The van der Waals surface area contributed by atoms with Crippen LogP contribution >= 0.6 is 0 Å². The molecule has 0 saturated heterocycles. The molecule has 1 heterocycles. The van der Waals surface area contributed by atoms with E-state index in [1.807, 2.05) is 26.0 Å². The fourth-order valence-electron chi connectivity index (χ4n) is 1.88. The monoisotopic (exact) mass is 284 g/mol. The second kappa shape index (κ2) is 6.14. The average Bonchev–Trinajstić information content (AvgIpc) is 2.79. The standard InChI is InChI=1S/C16H16N2O3/c1-10-11(2)21-16(14(10)8-17)18-9-12-5-6-13(19-3)7-15(12)20-4/h5-7,9H,1-4H3/b18-9+. The molecule has 108 valence electrons. The van der Waals surface area contributed by atoms with Gasteiger partial charge >= 0.3 is 0 Å². The number of nitrogens with zero attached hydrogens (tertiary/aromatic N) is 2. The number of ether oxygens (including phenoxy) is 2. The van der Waals surface area contributed by atoms with E-state index < -0.39 is 0 Å². The van der Waals surface area contributed by atoms with E-state index in [2.05, 4.69) is 11.1 Å². The Labute approximate surface area is 123 Å². The molecule has 0 N–H and O–H groups in total. The first-order valence-corrected chi connectivity index (χ1v) is 6.37. The number of furan rings is 1. The molecule has 0 spiro atoms. The van der Waals surface area contributed by atoms with Gasteiger partial charge in [0.05, 0.1) is 14.2 Å². The molecule has 0 saturated carbocycles. The largest absolute Gasteiger partial charge is 0.497 e. The van der Waals surface area contributed by atoms with Gasteiger partial charge < -0.3 is 13.9 Å². The van der Waals surface area contributed by atoms with Crippen molar-refractivity contribution in [2.24, 2.45) is 4.99 Å². The average molecular weight is 284 g/mol. The fourth-order valence-corrected chi connectivity index (χ4v) is 1.88. The fraction of sp³-hybridized carbons (Fsp3) is 0.250. The van der Waals surface area contributed by atoms with Crippen LogP contribution in [0.25, 0.3) is 0 Å². The van der Waals surface area contributed by atoms with Gasteiger partial charge in [0.2, 0.25) is 5.88 Å². The summed E-state index contributed by atoms with van der Waals surface area (Å²) in [4.78, 5) is 4.26. The Morgan fingerprint density at radius 3 is 2.62 bits per heavy atom. The molecular weight excluding hydrogens is 268 g/mol. The maximum Gasteiger partial charge on any atom is 0.237 e. The van der Waals surface area contributed by atoms with Crippen LogP contribution in [0, 0.1) is 25.2 Å². The third kappa shape index (κ3) is 2.90. The van der Waals surface area contributed by atoms with E-state index in [0.29, 0.717) is 28.7 Å². The van der Waals surface area contributed by atoms with Gasteiger partial charge in [0, 0.05) is 23.4 Å². The summed E-state index contributed by atoms with van der Waals surface area (Å²) < 4.78 is 15.9. The van der Waals surface area contributed by atoms with Gasteiger partial charge in [0.1, 0.15) is 28.9 Å². The molecule has 0 fully saturated rings. The number of aryl methyl sites for hydroxylation is 1. The second-order valence-corrected chi connectivity index (χ2v) is 4.44. The van der Waals surface area contributed by atoms with Crippen LogP contribution in [0.2, 0.25) is 0 Å². The number of hydrogen-bond donors (Lipinski definition) is 0. The Bertz CT molecular complexity index is 724. The van der Waals surface area contributed by atoms with Crippen LogP contribution in [0.1, 0.15) is 22.5 Å². The summed E-state index contributed by atoms with van der Waals surface area (Å²) in [5, 5.41) is 9.15. The van der Waals surface area contributed by atoms with Crippen molar-refractivity contribution in [2.75, 3.05) is 14.2 Å². The molecule has 5 nitrogen and oxygen atoms in total. The molecule has 0 atom stereocenters. The second-order valence-electron chi connectivity index (χ2n) is 4.44. The number of benzene rings is 1. The van der Waals surface area contributed by atoms with E-state index in [9.17, 15) is 0 Å². The SMILES string of the molecule is COc1ccc(/C=N/c2oc(C)c(C)c2C#N)c(OC)c1. The lowest BCUT2D eigenvalue weighted by Crippen LogP contribution is -1.92. The number of rotatable bonds is 4. The molecule has 21 heavy (non-hydrogen) atoms. The lowest BCUT2D eigenvalue weighted by atomic mass is 10.2. The van der Waals surface area contributed by atoms with Crippen molar-refractivity contribution in [3.8, 4) is 17.6 Å². The summed E-state index contributed by atoms with van der Waals surface area (Å²) in [6, 6.07) is 7.52. The van der Waals surface area contributed by atoms with Crippen LogP contribution < -0.4 is 9.47 Å². The van der Waals surface area contributed by atoms with Crippen molar-refractivity contribution < 1.29 is 13.9 Å². The Hall–Kier alpha value is -2.74. The zero-order valence-electron chi connectivity index (χ0n) is 12.4. The summed E-state index contributed by atoms with van der Waals surface area (Å²) in [5.41, 5.74) is 2.04. The van der Waals surface area contributed by atoms with Gasteiger partial charge in [-0.05, 0) is 26.0 Å². The smallest absolute Gasteiger partial charge is 0.237 e. The van der Waals surface area contributed by atoms with Gasteiger partial charge in [-0.1, -0.05) is 0 Å². The van der Waals surface area contributed by atoms with Crippen molar-refractivity contribution in [3.05, 3.63) is 40.6 Å². The minimum absolute atomic E-state index is 0.311. The number of hydrogen-bond acceptors (Lipinski definition) is 5. The summed E-state index contributed by atoms with van der Waals surface area (Å²) in [6.07, 6.45) is 1.61. The number of nitriles is 1. The van der Waals surface area contributed by atoms with E-state index in [0.717, 1.165) is 11.1 Å². The predicted molar refractivity (Wildman–Crippen MR) is 79.7 cm³/mol. The van der Waals surface area contributed by atoms with Crippen LogP contribution in [0.4, 0.5) is 5.88 Å². The molecule has 2 aromatic rings. The lowest BCUT2D eigenvalue weighted by molar-refractivity contribution is 0.394. The molecule has 0 radical (unpaired) electrons. The molecule has 0 unspecified atom stereocenters. The molecule has 0 bridgehead atoms. The highest BCUT2D eigenvalue weighted by Gasteiger charge is 2.13. The van der Waals surface area contributed by atoms with Gasteiger partial charge in [-0.2, -0.15) is 5.26 Å². The molecule has 5 heteroatoms. The normalized spacial score (nSPS) is 10.6. The minimum atomic E-state index is 0.311. The Morgan fingerprint density at radius 1 is 1.24 bits per heavy atom. The Balaban J connectivity index is 2.38. The summed E-state index contributed by atoms with van der Waals surface area (Å²) in [5.74, 6) is 2.34. The van der Waals surface area contributed by atoms with E-state index >= 15 is 0 Å². The highest BCUT2D eigenvalue weighted by atomic mass is 16.5. The van der Waals surface area contributed by atoms with Gasteiger partial charge in [0.25, 0.3) is 0 Å². The van der Waals surface area contributed by atoms with E-state index in [1.165, 1.54) is 0 Å². The highest BCUT2D eigenvalue weighted by molar-refractivity contribution is 5.86. The molecule has 0 aliphatic heterocycles. The van der Waals surface area contributed by atoms with Gasteiger partial charge in [-0.25, -0.2) is 4.99 Å². The first kappa shape index (κ1) is 14.7. The van der Waals surface area contributed by atoms with Crippen LogP contribution in [-0.2, 0) is 0 Å². The Morgan fingerprint density at radius 2 is 2.00 bits per heavy atom. The van der Waals surface area contributed by atoms with Crippen molar-refractivity contribution in [1.82, 2.24) is 0 Å². The van der Waals surface area contributed by atoms with Gasteiger partial charge in [-0.3, -0.25) is 0 Å².